The van der Waals surface area contributed by atoms with Gasteiger partial charge in [0, 0.05) is 53.9 Å². The second-order valence-electron chi connectivity index (χ2n) is 0. The summed E-state index contributed by atoms with van der Waals surface area (Å²) in [5.74, 6) is 0. The summed E-state index contributed by atoms with van der Waals surface area (Å²) in [6, 6.07) is 0. The fourth-order valence-electron chi connectivity index (χ4n) is 0. The molecule has 0 fully saturated rings. The van der Waals surface area contributed by atoms with Crippen LogP contribution in [0.3, 0.4) is 0 Å². The Morgan fingerprint density at radius 1 is 0.0909 bits per heavy atom. The lowest BCUT2D eigenvalue weighted by Crippen LogP contribution is -0.562. The highest BCUT2D eigenvalue weighted by molar-refractivity contribution is 2.51. The number of nitrogens with zero attached hydrogens (tertiary/aromatic N) is 10. The van der Waals surface area contributed by atoms with E-state index >= 15 is 0 Å². The van der Waals surface area contributed by atoms with Gasteiger partial charge in [0.2, 0.25) is 0 Å². The maximum atomic E-state index is 6.00. The van der Waals surface area contributed by atoms with Gasteiger partial charge in [-0.15, -0.1) is 0 Å². The molecular weight excluding hydrogens is 820 g/mol. The maximum absolute atomic E-state index is 6.00. The minimum absolute atomic E-state index is 0. The molecule has 0 aromatic rings. The van der Waals surface area contributed by atoms with Gasteiger partial charge in [-0.25, -0.2) is 0 Å². The highest BCUT2D eigenvalue weighted by atomic mass is 16.0. The zero-order chi connectivity index (χ0) is 10.0. The standard InChI is InChI=1S/10CH4.5N2.35H2O/c;;;;;;;;;;5*1-2;;;;;;;;;;;;;;;;;;;;;;;;;;;;;;;;;;;/h10*1H4;;;;;;35*1H2/p+1. The molecule has 0 radical (unpaired) electrons. The van der Waals surface area contributed by atoms with E-state index in [9.17, 15) is 0 Å². The molecule has 0 saturated carbocycles. The monoisotopic (exact) mass is 932 g/mol. The van der Waals surface area contributed by atoms with Crippen LogP contribution in [0.2, 0.25) is 0 Å². The van der Waals surface area contributed by atoms with E-state index in [0.717, 1.165) is 0 Å². The molecule has 0 aromatic heterocycles. The summed E-state index contributed by atoms with van der Waals surface area (Å²) in [5, 5.41) is 60.0. The van der Waals surface area contributed by atoms with Crippen molar-refractivity contribution in [2.75, 3.05) is 0 Å². The molecule has 410 valence electrons. The van der Waals surface area contributed by atoms with Gasteiger partial charge in [-0.2, -0.15) is 0 Å². The lowest BCUT2D eigenvalue weighted by atomic mass is 12.0. The SMILES string of the molecule is C.C.C.C.C.C.C.C.C.C.N#N.N#N.N#N.N#N.N#N.O.O.O.O.O.O.O.O.O.O.O.O.O.O.O.O.O.O.O.O.O.O.O.O.O.O.O.O.O.O.O.O.O.O.[OH3+]. The van der Waals surface area contributed by atoms with Crippen molar-refractivity contribution in [2.45, 2.75) is 74.3 Å². The first-order valence-corrected chi connectivity index (χ1v) is 1.000. The third kappa shape index (κ3) is 6120. The van der Waals surface area contributed by atoms with E-state index in [-0.39, 0.29) is 266 Å². The van der Waals surface area contributed by atoms with Crippen molar-refractivity contribution in [3.63, 3.8) is 0 Å². The first kappa shape index (κ1) is 256000. The average Bonchev–Trinajstić information content (AvgIpc) is 2.20. The molecule has 0 unspecified atom stereocenters. The molecule has 0 rings (SSSR count). The minimum Gasteiger partial charge on any atom is -0.457 e. The highest BCUT2D eigenvalue weighted by Gasteiger charge is 0.586. The second kappa shape index (κ2) is 6370. The van der Waals surface area contributed by atoms with E-state index in [4.69, 9.17) is 53.9 Å². The highest BCUT2D eigenvalue weighted by Crippen LogP contribution is 0.601. The molecule has 0 amide bonds. The molecule has 0 bridgehead atoms. The van der Waals surface area contributed by atoms with Gasteiger partial charge in [0.05, 0.1) is 0 Å². The van der Waals surface area contributed by atoms with Crippen LogP contribution in [0.5, 0.6) is 0 Å². The van der Waals surface area contributed by atoms with Crippen LogP contribution in [0, 0.1) is 53.9 Å². The van der Waals surface area contributed by atoms with Crippen LogP contribution < -0.4 is 0 Å². The third-order valence-electron chi connectivity index (χ3n) is 0. The molecule has 0 heterocycles. The summed E-state index contributed by atoms with van der Waals surface area (Å²) in [4.78, 5) is 0. The van der Waals surface area contributed by atoms with Crippen LogP contribution in [0.15, 0.2) is 0 Å². The van der Waals surface area contributed by atoms with Crippen LogP contribution in [0.1, 0.15) is 74.3 Å². The molecule has 71 N–H and O–H groups in total. The fourth-order valence-corrected chi connectivity index (χ4v) is 0. The lowest BCUT2D eigenvalue weighted by molar-refractivity contribution is 0.686. The van der Waals surface area contributed by atoms with Crippen LogP contribution in [0.25, 0.3) is 0 Å². The summed E-state index contributed by atoms with van der Waals surface area (Å²) in [7, 11) is 0. The normalized spacial score (nSPS) is 0.182. The van der Waals surface area contributed by atoms with Gasteiger partial charge in [-0.05, 0) is 0 Å². The van der Waals surface area contributed by atoms with E-state index in [1.165, 1.54) is 0 Å². The van der Waals surface area contributed by atoms with Crippen LogP contribution in [-0.4, -0.2) is 186 Å². The Morgan fingerprint density at radius 2 is 0.0909 bits per heavy atom. The Morgan fingerprint density at radius 3 is 0.0909 bits per heavy atom. The Labute approximate surface area is 321 Å². The zero-order valence-electron chi connectivity index (χ0n) is 22.0. The summed E-state index contributed by atoms with van der Waals surface area (Å²) >= 11 is 0. The molecule has 0 atom stereocenters. The van der Waals surface area contributed by atoms with Gasteiger partial charge in [0.15, 0.2) is 0 Å². The molecule has 45 nitrogen and oxygen atoms in total. The molecule has 0 aliphatic heterocycles. The van der Waals surface area contributed by atoms with E-state index in [2.05, 4.69) is 0 Å². The van der Waals surface area contributed by atoms with Crippen molar-refractivity contribution in [3.8, 4) is 0 Å². The third-order valence-corrected chi connectivity index (χ3v) is 0. The van der Waals surface area contributed by atoms with Crippen LogP contribution in [-0.2, 0) is 5.48 Å². The van der Waals surface area contributed by atoms with Crippen LogP contribution >= 0.6 is 0 Å². The largest absolute Gasteiger partial charge is 0.457 e. The van der Waals surface area contributed by atoms with Crippen molar-refractivity contribution in [2.24, 2.45) is 0 Å². The van der Waals surface area contributed by atoms with Crippen molar-refractivity contribution in [1.29, 1.82) is 53.9 Å². The van der Waals surface area contributed by atoms with E-state index in [1.807, 2.05) is 0 Å². The minimum atomic E-state index is 0. The Bertz CT molecular complexity index is 131. The fraction of sp³-hybridized carbons (Fsp3) is 1.00. The van der Waals surface area contributed by atoms with Gasteiger partial charge in [0.1, 0.15) is 0 Å². The molecule has 0 aliphatic rings. The number of hydrogen-bond donors (Lipinski definition) is 0. The molecule has 0 aromatic carbocycles. The van der Waals surface area contributed by atoms with Crippen molar-refractivity contribution in [3.05, 3.63) is 0 Å². The van der Waals surface area contributed by atoms with Gasteiger partial charge in [-0.1, -0.05) is 74.3 Å². The first-order valence-electron chi connectivity index (χ1n) is 1.000. The molecule has 0 aliphatic carbocycles. The van der Waals surface area contributed by atoms with Gasteiger partial charge < -0.3 is 192 Å². The Hall–Kier alpha value is -4.30. The summed E-state index contributed by atoms with van der Waals surface area (Å²) in [6.45, 7) is 0. The smallest absolute Gasteiger partial charge is 0 e. The van der Waals surface area contributed by atoms with E-state index < -0.39 is 0 Å². The first-order chi connectivity index (χ1) is 5.00. The second-order valence-corrected chi connectivity index (χ2v) is 0. The van der Waals surface area contributed by atoms with Crippen molar-refractivity contribution >= 4 is 0 Å². The van der Waals surface area contributed by atoms with Crippen molar-refractivity contribution < 1.29 is 192 Å². The van der Waals surface area contributed by atoms with Crippen LogP contribution in [0.4, 0.5) is 0 Å². The van der Waals surface area contributed by atoms with E-state index in [0.29, 0.717) is 0 Å². The Balaban J connectivity index is -0.0000000000983. The van der Waals surface area contributed by atoms with Gasteiger partial charge in [0.25, 0.3) is 0 Å². The number of rotatable bonds is 0. The predicted octanol–water partition coefficient (Wildman–Crippen LogP) is -22.4. The van der Waals surface area contributed by atoms with Crippen molar-refractivity contribution in [1.82, 2.24) is 0 Å². The molecule has 0 saturated heterocycles. The maximum Gasteiger partial charge on any atom is 0 e. The summed E-state index contributed by atoms with van der Waals surface area (Å²) in [6.07, 6.45) is 0. The van der Waals surface area contributed by atoms with Gasteiger partial charge >= 0.3 is 0 Å². The number of hydrogen-bond acceptors (Lipinski definition) is 10. The molecule has 55 heavy (non-hydrogen) atoms. The molecule has 0 spiro atoms. The Kier molecular flexibility index (Phi) is 29600000. The average molecular weight is 932 g/mol. The van der Waals surface area contributed by atoms with E-state index in [1.54, 1.807) is 0 Å². The van der Waals surface area contributed by atoms with Gasteiger partial charge in [-0.3, -0.25) is 0 Å². The zero-order valence-corrected chi connectivity index (χ0v) is 22.0. The predicted molar refractivity (Wildman–Crippen MR) is 212 cm³/mol. The summed E-state index contributed by atoms with van der Waals surface area (Å²) in [5.41, 5.74) is 0. The summed E-state index contributed by atoms with van der Waals surface area (Å²) < 4.78 is 0. The molecule has 45 heteroatoms. The molecular formula is C10H111N10O35+. The lowest BCUT2D eigenvalue weighted by Gasteiger charge is -0.577. The topological polar surface area (TPSA) is 1340 Å². The quantitative estimate of drug-likeness (QED) is 0.163.